The molecule has 1 saturated heterocycles. The Balaban J connectivity index is 1.52. The van der Waals surface area contributed by atoms with E-state index in [1.165, 1.54) is 4.40 Å². The summed E-state index contributed by atoms with van der Waals surface area (Å²) in [5, 5.41) is 5.31. The predicted octanol–water partition coefficient (Wildman–Crippen LogP) is 2.35. The Hall–Kier alpha value is -3.74. The second-order valence-electron chi connectivity index (χ2n) is 7.49. The normalized spacial score (nSPS) is 14.1. The van der Waals surface area contributed by atoms with Crippen LogP contribution in [0.5, 0.6) is 0 Å². The van der Waals surface area contributed by atoms with E-state index in [1.807, 2.05) is 36.4 Å². The van der Waals surface area contributed by atoms with Gasteiger partial charge in [-0.15, -0.1) is 0 Å². The molecular weight excluding hydrogens is 380 g/mol. The van der Waals surface area contributed by atoms with Gasteiger partial charge in [0.25, 0.3) is 11.5 Å². The van der Waals surface area contributed by atoms with Crippen LogP contribution in [0.25, 0.3) is 27.3 Å². The number of pyridine rings is 1. The molecule has 1 fully saturated rings. The van der Waals surface area contributed by atoms with E-state index in [9.17, 15) is 14.4 Å². The number of benzene rings is 2. The Morgan fingerprint density at radius 3 is 2.63 bits per heavy atom. The first kappa shape index (κ1) is 18.3. The number of fused-ring (bicyclic) bond motifs is 3. The van der Waals surface area contributed by atoms with Crippen molar-refractivity contribution in [2.24, 2.45) is 0 Å². The lowest BCUT2D eigenvalue weighted by molar-refractivity contribution is -0.127. The second kappa shape index (κ2) is 7.26. The number of carbonyl (C=O) groups excluding carboxylic acids is 2. The molecule has 0 atom stereocenters. The van der Waals surface area contributed by atoms with Gasteiger partial charge in [-0.05, 0) is 41.5 Å². The molecule has 3 heterocycles. The van der Waals surface area contributed by atoms with Crippen LogP contribution in [0.4, 0.5) is 0 Å². The van der Waals surface area contributed by atoms with E-state index in [2.05, 4.69) is 10.3 Å². The van der Waals surface area contributed by atoms with Crippen LogP contribution in [0, 0.1) is 0 Å². The van der Waals surface area contributed by atoms with Crippen LogP contribution in [0.2, 0.25) is 0 Å². The largest absolute Gasteiger partial charge is 0.350 e. The van der Waals surface area contributed by atoms with Crippen molar-refractivity contribution in [1.82, 2.24) is 19.6 Å². The number of hydrogen-bond acceptors (Lipinski definition) is 4. The Bertz CT molecular complexity index is 1380. The first-order chi connectivity index (χ1) is 14.6. The molecule has 2 aromatic carbocycles. The summed E-state index contributed by atoms with van der Waals surface area (Å²) in [5.41, 5.74) is 0.997. The molecule has 150 valence electrons. The zero-order chi connectivity index (χ0) is 20.7. The summed E-state index contributed by atoms with van der Waals surface area (Å²) >= 11 is 0. The van der Waals surface area contributed by atoms with E-state index in [4.69, 9.17) is 0 Å². The highest BCUT2D eigenvalue weighted by Crippen LogP contribution is 2.20. The maximum absolute atomic E-state index is 13.1. The first-order valence-corrected chi connectivity index (χ1v) is 10.0. The van der Waals surface area contributed by atoms with Gasteiger partial charge in [-0.1, -0.05) is 24.3 Å². The fourth-order valence-corrected chi connectivity index (χ4v) is 4.03. The fraction of sp³-hybridized carbons (Fsp3) is 0.217. The van der Waals surface area contributed by atoms with Crippen LogP contribution in [0.15, 0.2) is 59.5 Å². The lowest BCUT2D eigenvalue weighted by Gasteiger charge is -2.16. The molecule has 30 heavy (non-hydrogen) atoms. The van der Waals surface area contributed by atoms with E-state index in [0.29, 0.717) is 41.6 Å². The van der Waals surface area contributed by atoms with Crippen molar-refractivity contribution in [3.05, 3.63) is 70.6 Å². The lowest BCUT2D eigenvalue weighted by Crippen LogP contribution is -2.35. The van der Waals surface area contributed by atoms with Crippen molar-refractivity contribution in [2.45, 2.75) is 12.8 Å². The van der Waals surface area contributed by atoms with Gasteiger partial charge in [0, 0.05) is 32.3 Å². The van der Waals surface area contributed by atoms with Crippen LogP contribution in [0.1, 0.15) is 23.2 Å². The molecular formula is C23H20N4O3. The summed E-state index contributed by atoms with van der Waals surface area (Å²) in [6.45, 7) is 1.57. The standard InChI is InChI=1S/C23H20N4O3/c28-20-8-4-10-26(20)12-9-24-22(29)17-7-3-11-27-21(17)25-19-14-16-6-2-1-5-15(16)13-18(19)23(27)30/h1-3,5-7,11,13-14H,4,8-10,12H2,(H,24,29). The average Bonchev–Trinajstić information content (AvgIpc) is 3.17. The van der Waals surface area contributed by atoms with Crippen LogP contribution >= 0.6 is 0 Å². The number of nitrogens with one attached hydrogen (secondary N) is 1. The van der Waals surface area contributed by atoms with Crippen molar-refractivity contribution < 1.29 is 9.59 Å². The smallest absolute Gasteiger partial charge is 0.265 e. The zero-order valence-corrected chi connectivity index (χ0v) is 16.3. The predicted molar refractivity (Wildman–Crippen MR) is 115 cm³/mol. The Kier molecular flexibility index (Phi) is 4.43. The molecule has 7 nitrogen and oxygen atoms in total. The van der Waals surface area contributed by atoms with Crippen molar-refractivity contribution in [3.63, 3.8) is 0 Å². The summed E-state index contributed by atoms with van der Waals surface area (Å²) in [5.74, 6) is -0.187. The number of carbonyl (C=O) groups is 2. The van der Waals surface area contributed by atoms with Gasteiger partial charge in [-0.3, -0.25) is 18.8 Å². The van der Waals surface area contributed by atoms with Crippen molar-refractivity contribution in [1.29, 1.82) is 0 Å². The fourth-order valence-electron chi connectivity index (χ4n) is 4.03. The van der Waals surface area contributed by atoms with Crippen molar-refractivity contribution in [2.75, 3.05) is 19.6 Å². The number of nitrogens with zero attached hydrogens (tertiary/aromatic N) is 3. The number of rotatable bonds is 4. The van der Waals surface area contributed by atoms with E-state index >= 15 is 0 Å². The van der Waals surface area contributed by atoms with Crippen LogP contribution < -0.4 is 10.9 Å². The SMILES string of the molecule is O=C(NCCN1CCCC1=O)c1cccn2c(=O)c3cc4ccccc4cc3nc12. The maximum atomic E-state index is 13.1. The van der Waals surface area contributed by atoms with Gasteiger partial charge in [-0.25, -0.2) is 4.98 Å². The number of amides is 2. The minimum atomic E-state index is -0.313. The van der Waals surface area contributed by atoms with E-state index in [0.717, 1.165) is 23.7 Å². The van der Waals surface area contributed by atoms with Crippen LogP contribution in [-0.2, 0) is 4.79 Å². The first-order valence-electron chi connectivity index (χ1n) is 10.0. The molecule has 0 spiro atoms. The molecule has 0 aliphatic carbocycles. The zero-order valence-electron chi connectivity index (χ0n) is 16.3. The third kappa shape index (κ3) is 3.08. The van der Waals surface area contributed by atoms with Gasteiger partial charge in [0.05, 0.1) is 16.5 Å². The molecule has 0 radical (unpaired) electrons. The van der Waals surface area contributed by atoms with E-state index in [1.54, 1.807) is 23.2 Å². The lowest BCUT2D eigenvalue weighted by atomic mass is 10.1. The molecule has 1 aliphatic rings. The highest BCUT2D eigenvalue weighted by Gasteiger charge is 2.20. The molecule has 0 saturated carbocycles. The molecule has 7 heteroatoms. The number of hydrogen-bond donors (Lipinski definition) is 1. The van der Waals surface area contributed by atoms with Crippen LogP contribution in [-0.4, -0.2) is 45.7 Å². The quantitative estimate of drug-likeness (QED) is 0.533. The van der Waals surface area contributed by atoms with Gasteiger partial charge >= 0.3 is 0 Å². The van der Waals surface area contributed by atoms with E-state index < -0.39 is 0 Å². The van der Waals surface area contributed by atoms with Gasteiger partial charge in [0.1, 0.15) is 0 Å². The van der Waals surface area contributed by atoms with E-state index in [-0.39, 0.29) is 17.4 Å². The van der Waals surface area contributed by atoms with Crippen molar-refractivity contribution in [3.8, 4) is 0 Å². The average molecular weight is 400 g/mol. The summed E-state index contributed by atoms with van der Waals surface area (Å²) < 4.78 is 1.41. The van der Waals surface area contributed by atoms with Crippen molar-refractivity contribution >= 4 is 39.1 Å². The molecule has 2 aromatic heterocycles. The third-order valence-corrected chi connectivity index (χ3v) is 5.59. The molecule has 1 N–H and O–H groups in total. The monoisotopic (exact) mass is 400 g/mol. The van der Waals surface area contributed by atoms with Gasteiger partial charge in [-0.2, -0.15) is 0 Å². The maximum Gasteiger partial charge on any atom is 0.265 e. The molecule has 2 amide bonds. The summed E-state index contributed by atoms with van der Waals surface area (Å²) in [6.07, 6.45) is 3.07. The molecule has 1 aliphatic heterocycles. The molecule has 5 rings (SSSR count). The Morgan fingerprint density at radius 1 is 1.07 bits per heavy atom. The third-order valence-electron chi connectivity index (χ3n) is 5.59. The summed E-state index contributed by atoms with van der Waals surface area (Å²) in [6, 6.07) is 14.8. The van der Waals surface area contributed by atoms with Crippen LogP contribution in [0.3, 0.4) is 0 Å². The summed E-state index contributed by atoms with van der Waals surface area (Å²) in [4.78, 5) is 44.0. The van der Waals surface area contributed by atoms with Gasteiger partial charge < -0.3 is 10.2 Å². The van der Waals surface area contributed by atoms with Gasteiger partial charge in [0.15, 0.2) is 5.65 Å². The number of aromatic nitrogens is 2. The molecule has 0 bridgehead atoms. The molecule has 4 aromatic rings. The number of likely N-dealkylation sites (tertiary alicyclic amines) is 1. The second-order valence-corrected chi connectivity index (χ2v) is 7.49. The summed E-state index contributed by atoms with van der Waals surface area (Å²) in [7, 11) is 0. The minimum absolute atomic E-state index is 0.126. The Labute approximate surface area is 171 Å². The van der Waals surface area contributed by atoms with Gasteiger partial charge in [0.2, 0.25) is 5.91 Å². The Morgan fingerprint density at radius 2 is 1.87 bits per heavy atom. The highest BCUT2D eigenvalue weighted by atomic mass is 16.2. The molecule has 0 unspecified atom stereocenters. The minimum Gasteiger partial charge on any atom is -0.350 e. The highest BCUT2D eigenvalue weighted by molar-refractivity contribution is 6.02. The topological polar surface area (TPSA) is 83.8 Å².